The molecule has 1 unspecified atom stereocenters. The van der Waals surface area contributed by atoms with Crippen molar-refractivity contribution in [2.24, 2.45) is 5.92 Å². The number of carbonyl (C=O) groups excluding carboxylic acids is 1. The molecule has 0 bridgehead atoms. The second-order valence-electron chi connectivity index (χ2n) is 5.66. The molecule has 2 heterocycles. The average Bonchev–Trinajstić information content (AvgIpc) is 3.05. The number of hydrogen-bond acceptors (Lipinski definition) is 3. The van der Waals surface area contributed by atoms with Gasteiger partial charge in [-0.25, -0.2) is 0 Å². The van der Waals surface area contributed by atoms with Gasteiger partial charge in [0.1, 0.15) is 5.58 Å². The summed E-state index contributed by atoms with van der Waals surface area (Å²) in [4.78, 5) is 24.9. The number of hydrogen-bond donors (Lipinski definition) is 1. The van der Waals surface area contributed by atoms with Gasteiger partial charge < -0.3 is 14.4 Å². The molecule has 1 amide bonds. The number of furan rings is 1. The van der Waals surface area contributed by atoms with E-state index in [2.05, 4.69) is 0 Å². The van der Waals surface area contributed by atoms with Crippen LogP contribution in [0.4, 0.5) is 0 Å². The van der Waals surface area contributed by atoms with E-state index in [-0.39, 0.29) is 18.2 Å². The molecule has 1 fully saturated rings. The number of nitrogens with zero attached hydrogens (tertiary/aromatic N) is 1. The molecule has 3 rings (SSSR count). The van der Waals surface area contributed by atoms with Crippen molar-refractivity contribution in [3.63, 3.8) is 0 Å². The van der Waals surface area contributed by atoms with Crippen LogP contribution in [0.25, 0.3) is 11.0 Å². The molecule has 21 heavy (non-hydrogen) atoms. The first-order valence-corrected chi connectivity index (χ1v) is 6.98. The van der Waals surface area contributed by atoms with E-state index in [1.807, 2.05) is 26.0 Å². The lowest BCUT2D eigenvalue weighted by Gasteiger charge is -2.13. The summed E-state index contributed by atoms with van der Waals surface area (Å²) in [6, 6.07) is 5.65. The summed E-state index contributed by atoms with van der Waals surface area (Å²) in [7, 11) is 0. The Hall–Kier alpha value is -2.30. The van der Waals surface area contributed by atoms with Crippen LogP contribution in [0.1, 0.15) is 28.1 Å². The molecule has 1 N–H and O–H groups in total. The van der Waals surface area contributed by atoms with E-state index in [1.165, 1.54) is 0 Å². The number of rotatable bonds is 2. The lowest BCUT2D eigenvalue weighted by atomic mass is 10.1. The fraction of sp³-hybridized carbons (Fsp3) is 0.375. The van der Waals surface area contributed by atoms with Crippen molar-refractivity contribution in [1.29, 1.82) is 0 Å². The van der Waals surface area contributed by atoms with Crippen LogP contribution in [-0.2, 0) is 4.79 Å². The van der Waals surface area contributed by atoms with Crippen LogP contribution in [0.5, 0.6) is 0 Å². The van der Waals surface area contributed by atoms with Gasteiger partial charge in [0.25, 0.3) is 5.91 Å². The fourth-order valence-electron chi connectivity index (χ4n) is 2.71. The Balaban J connectivity index is 1.87. The Bertz CT molecular complexity index is 692. The molecule has 5 heteroatoms. The smallest absolute Gasteiger partial charge is 0.308 e. The second kappa shape index (κ2) is 4.91. The summed E-state index contributed by atoms with van der Waals surface area (Å²) in [5.41, 5.74) is 2.95. The van der Waals surface area contributed by atoms with Gasteiger partial charge in [-0.15, -0.1) is 0 Å². The van der Waals surface area contributed by atoms with Gasteiger partial charge in [0.05, 0.1) is 5.92 Å². The fourth-order valence-corrected chi connectivity index (χ4v) is 2.71. The summed E-state index contributed by atoms with van der Waals surface area (Å²) in [5, 5.41) is 9.90. The zero-order chi connectivity index (χ0) is 15.1. The number of carboxylic acids is 1. The topological polar surface area (TPSA) is 70.8 Å². The minimum absolute atomic E-state index is 0.231. The number of aryl methyl sites for hydroxylation is 2. The maximum atomic E-state index is 12.4. The number of fused-ring (bicyclic) bond motifs is 1. The van der Waals surface area contributed by atoms with Gasteiger partial charge in [0.15, 0.2) is 5.76 Å². The molecule has 1 aromatic heterocycles. The summed E-state index contributed by atoms with van der Waals surface area (Å²) >= 11 is 0. The van der Waals surface area contributed by atoms with Crippen molar-refractivity contribution < 1.29 is 19.1 Å². The van der Waals surface area contributed by atoms with E-state index in [0.29, 0.717) is 18.5 Å². The van der Waals surface area contributed by atoms with Gasteiger partial charge in [0, 0.05) is 18.5 Å². The highest BCUT2D eigenvalue weighted by Gasteiger charge is 2.32. The predicted molar refractivity (Wildman–Crippen MR) is 77.3 cm³/mol. The van der Waals surface area contributed by atoms with Gasteiger partial charge in [-0.2, -0.15) is 0 Å². The van der Waals surface area contributed by atoms with Crippen molar-refractivity contribution in [2.45, 2.75) is 20.3 Å². The maximum Gasteiger partial charge on any atom is 0.308 e. The largest absolute Gasteiger partial charge is 0.481 e. The SMILES string of the molecule is Cc1cc2cc(C(=O)N3CCC(C(=O)O)C3)oc2cc1C. The molecule has 1 aromatic carbocycles. The van der Waals surface area contributed by atoms with Crippen LogP contribution >= 0.6 is 0 Å². The minimum Gasteiger partial charge on any atom is -0.481 e. The zero-order valence-corrected chi connectivity index (χ0v) is 12.0. The van der Waals surface area contributed by atoms with Crippen LogP contribution in [0.15, 0.2) is 22.6 Å². The first-order chi connectivity index (χ1) is 9.95. The van der Waals surface area contributed by atoms with Crippen molar-refractivity contribution >= 4 is 22.8 Å². The molecule has 0 aliphatic carbocycles. The summed E-state index contributed by atoms with van der Waals surface area (Å²) < 4.78 is 5.64. The van der Waals surface area contributed by atoms with Gasteiger partial charge in [-0.1, -0.05) is 0 Å². The third-order valence-corrected chi connectivity index (χ3v) is 4.17. The summed E-state index contributed by atoms with van der Waals surface area (Å²) in [6.07, 6.45) is 0.500. The quantitative estimate of drug-likeness (QED) is 0.921. The number of carbonyl (C=O) groups is 2. The number of aliphatic carboxylic acids is 1. The maximum absolute atomic E-state index is 12.4. The normalized spacial score (nSPS) is 18.4. The van der Waals surface area contributed by atoms with Crippen molar-refractivity contribution in [3.8, 4) is 0 Å². The van der Waals surface area contributed by atoms with Gasteiger partial charge in [0.2, 0.25) is 0 Å². The van der Waals surface area contributed by atoms with Crippen molar-refractivity contribution in [2.75, 3.05) is 13.1 Å². The van der Waals surface area contributed by atoms with Crippen molar-refractivity contribution in [1.82, 2.24) is 4.90 Å². The lowest BCUT2D eigenvalue weighted by Crippen LogP contribution is -2.29. The standard InChI is InChI=1S/C16H17NO4/c1-9-5-12-7-14(21-13(12)6-10(9)2)15(18)17-4-3-11(8-17)16(19)20/h5-7,11H,3-4,8H2,1-2H3,(H,19,20). The van der Waals surface area contributed by atoms with Crippen LogP contribution in [0.3, 0.4) is 0 Å². The number of amides is 1. The van der Waals surface area contributed by atoms with Gasteiger partial charge >= 0.3 is 5.97 Å². The molecular formula is C16H17NO4. The zero-order valence-electron chi connectivity index (χ0n) is 12.0. The Morgan fingerprint density at radius 2 is 1.95 bits per heavy atom. The molecule has 1 aliphatic heterocycles. The molecular weight excluding hydrogens is 270 g/mol. The van der Waals surface area contributed by atoms with E-state index in [0.717, 1.165) is 16.5 Å². The molecule has 0 spiro atoms. The Morgan fingerprint density at radius 3 is 2.62 bits per heavy atom. The van der Waals surface area contributed by atoms with Crippen LogP contribution in [-0.4, -0.2) is 35.0 Å². The number of benzene rings is 1. The van der Waals surface area contributed by atoms with Crippen LogP contribution in [0, 0.1) is 19.8 Å². The molecule has 0 radical (unpaired) electrons. The molecule has 1 atom stereocenters. The summed E-state index contributed by atoms with van der Waals surface area (Å²) in [6.45, 7) is 4.73. The van der Waals surface area contributed by atoms with E-state index in [1.54, 1.807) is 11.0 Å². The number of carboxylic acid groups (broad SMARTS) is 1. The third-order valence-electron chi connectivity index (χ3n) is 4.17. The Labute approximate surface area is 122 Å². The minimum atomic E-state index is -0.846. The van der Waals surface area contributed by atoms with Crippen LogP contribution in [0.2, 0.25) is 0 Å². The molecule has 1 saturated heterocycles. The monoisotopic (exact) mass is 287 g/mol. The highest BCUT2D eigenvalue weighted by molar-refractivity contribution is 5.96. The van der Waals surface area contributed by atoms with Crippen LogP contribution < -0.4 is 0 Å². The Morgan fingerprint density at radius 1 is 1.24 bits per heavy atom. The highest BCUT2D eigenvalue weighted by atomic mass is 16.4. The lowest BCUT2D eigenvalue weighted by molar-refractivity contribution is -0.141. The molecule has 5 nitrogen and oxygen atoms in total. The van der Waals surface area contributed by atoms with E-state index >= 15 is 0 Å². The van der Waals surface area contributed by atoms with Gasteiger partial charge in [-0.05, 0) is 49.6 Å². The Kier molecular flexibility index (Phi) is 3.20. The molecule has 0 saturated carbocycles. The average molecular weight is 287 g/mol. The van der Waals surface area contributed by atoms with Crippen molar-refractivity contribution in [3.05, 3.63) is 35.1 Å². The number of likely N-dealkylation sites (tertiary alicyclic amines) is 1. The van der Waals surface area contributed by atoms with E-state index < -0.39 is 11.9 Å². The highest BCUT2D eigenvalue weighted by Crippen LogP contribution is 2.26. The summed E-state index contributed by atoms with van der Waals surface area (Å²) in [5.74, 6) is -1.27. The van der Waals surface area contributed by atoms with Gasteiger partial charge in [-0.3, -0.25) is 9.59 Å². The third kappa shape index (κ3) is 2.39. The van der Waals surface area contributed by atoms with E-state index in [9.17, 15) is 9.59 Å². The molecule has 2 aromatic rings. The molecule has 110 valence electrons. The van der Waals surface area contributed by atoms with E-state index in [4.69, 9.17) is 9.52 Å². The second-order valence-corrected chi connectivity index (χ2v) is 5.66. The molecule has 1 aliphatic rings. The predicted octanol–water partition coefficient (Wildman–Crippen LogP) is 2.60. The first-order valence-electron chi connectivity index (χ1n) is 6.98. The first kappa shape index (κ1) is 13.7.